The molecule has 0 unspecified atom stereocenters. The fraction of sp³-hybridized carbons (Fsp3) is 0.346. The van der Waals surface area contributed by atoms with Gasteiger partial charge in [-0.15, -0.1) is 0 Å². The van der Waals surface area contributed by atoms with Gasteiger partial charge < -0.3 is 25.4 Å². The first-order valence-corrected chi connectivity index (χ1v) is 11.6. The lowest BCUT2D eigenvalue weighted by atomic mass is 10.1. The van der Waals surface area contributed by atoms with Gasteiger partial charge in [0, 0.05) is 54.5 Å². The van der Waals surface area contributed by atoms with Crippen LogP contribution in [0, 0.1) is 0 Å². The van der Waals surface area contributed by atoms with Crippen molar-refractivity contribution in [3.8, 4) is 17.0 Å². The van der Waals surface area contributed by atoms with E-state index in [0.29, 0.717) is 31.3 Å². The van der Waals surface area contributed by atoms with Crippen LogP contribution in [0.4, 0.5) is 17.3 Å². The van der Waals surface area contributed by atoms with Crippen LogP contribution in [0.25, 0.3) is 11.3 Å². The summed E-state index contributed by atoms with van der Waals surface area (Å²) in [5.41, 5.74) is 4.86. The lowest BCUT2D eigenvalue weighted by Crippen LogP contribution is -2.24. The van der Waals surface area contributed by atoms with E-state index >= 15 is 0 Å². The molecular weight excluding hydrogens is 430 g/mol. The fourth-order valence-electron chi connectivity index (χ4n) is 3.77. The third-order valence-electron chi connectivity index (χ3n) is 5.42. The monoisotopic (exact) mass is 461 g/mol. The summed E-state index contributed by atoms with van der Waals surface area (Å²) in [6.07, 6.45) is 3.45. The minimum absolute atomic E-state index is 0.0586. The van der Waals surface area contributed by atoms with Crippen LogP contribution >= 0.6 is 0 Å². The van der Waals surface area contributed by atoms with E-state index in [1.54, 1.807) is 6.20 Å². The van der Waals surface area contributed by atoms with Crippen LogP contribution in [0.3, 0.4) is 0 Å². The molecular formula is C26H31N5O3. The van der Waals surface area contributed by atoms with Crippen LogP contribution in [0.15, 0.2) is 48.7 Å². The second-order valence-corrected chi connectivity index (χ2v) is 8.41. The summed E-state index contributed by atoms with van der Waals surface area (Å²) < 4.78 is 11.9. The average molecular weight is 462 g/mol. The van der Waals surface area contributed by atoms with Gasteiger partial charge in [-0.1, -0.05) is 0 Å². The lowest BCUT2D eigenvalue weighted by molar-refractivity contribution is 0.0944. The zero-order valence-electron chi connectivity index (χ0n) is 19.9. The second-order valence-electron chi connectivity index (χ2n) is 8.41. The number of benzene rings is 2. The van der Waals surface area contributed by atoms with Gasteiger partial charge in [0.2, 0.25) is 5.95 Å². The first kappa shape index (κ1) is 23.5. The van der Waals surface area contributed by atoms with Crippen LogP contribution < -0.4 is 20.7 Å². The summed E-state index contributed by atoms with van der Waals surface area (Å²) in [6.45, 7) is 5.62. The number of nitrogens with one attached hydrogen (secondary N) is 3. The van der Waals surface area contributed by atoms with E-state index < -0.39 is 0 Å². The Morgan fingerprint density at radius 3 is 2.82 bits per heavy atom. The molecule has 8 heteroatoms. The average Bonchev–Trinajstić information content (AvgIpc) is 2.83. The molecule has 2 aliphatic rings. The van der Waals surface area contributed by atoms with E-state index in [1.165, 1.54) is 0 Å². The molecule has 1 aromatic heterocycles. The lowest BCUT2D eigenvalue weighted by Gasteiger charge is -2.16. The SMILES string of the molecule is CNc1cc2ccc1-c1ccnc(n1)Nc1ccc(OC(C)C)c(c1)COCCCCNC2=O. The Morgan fingerprint density at radius 1 is 1.12 bits per heavy atom. The summed E-state index contributed by atoms with van der Waals surface area (Å²) in [5.74, 6) is 1.18. The van der Waals surface area contributed by atoms with Crippen molar-refractivity contribution < 1.29 is 14.3 Å². The van der Waals surface area contributed by atoms with Gasteiger partial charge in [-0.25, -0.2) is 9.97 Å². The van der Waals surface area contributed by atoms with Crippen molar-refractivity contribution in [2.75, 3.05) is 30.8 Å². The molecule has 0 saturated heterocycles. The molecule has 8 nitrogen and oxygen atoms in total. The number of rotatable bonds is 3. The van der Waals surface area contributed by atoms with Gasteiger partial charge in [0.05, 0.1) is 18.4 Å². The van der Waals surface area contributed by atoms with Crippen molar-refractivity contribution >= 4 is 23.2 Å². The maximum atomic E-state index is 12.6. The third kappa shape index (κ3) is 5.82. The van der Waals surface area contributed by atoms with Crippen LogP contribution in [0.2, 0.25) is 0 Å². The van der Waals surface area contributed by atoms with E-state index in [-0.39, 0.29) is 12.0 Å². The predicted molar refractivity (Wildman–Crippen MR) is 134 cm³/mol. The first-order valence-electron chi connectivity index (χ1n) is 11.6. The standard InChI is InChI=1S/C26H31N5O3/c1-17(2)34-24-9-7-20-14-19(24)16-33-13-5-4-11-28-25(32)18-6-8-21(23(15-18)27-3)22-10-12-29-26(30-20)31-22/h6-10,12,14-15,17,27H,4-5,11,13,16H2,1-3H3,(H,28,32)(H,29,30,31). The van der Waals surface area contributed by atoms with Crippen LogP contribution in [-0.2, 0) is 11.3 Å². The summed E-state index contributed by atoms with van der Waals surface area (Å²) in [5, 5.41) is 9.47. The quantitative estimate of drug-likeness (QED) is 0.517. The number of anilines is 3. The molecule has 0 saturated carbocycles. The molecule has 34 heavy (non-hydrogen) atoms. The number of aromatic nitrogens is 2. The molecule has 2 aliphatic heterocycles. The van der Waals surface area contributed by atoms with E-state index in [0.717, 1.165) is 46.8 Å². The number of fused-ring (bicyclic) bond motifs is 9. The highest BCUT2D eigenvalue weighted by Crippen LogP contribution is 2.30. The Hall–Kier alpha value is -3.65. The number of ether oxygens (including phenoxy) is 2. The van der Waals surface area contributed by atoms with E-state index in [2.05, 4.69) is 20.9 Å². The zero-order valence-corrected chi connectivity index (χ0v) is 19.9. The van der Waals surface area contributed by atoms with Crippen LogP contribution in [0.1, 0.15) is 42.6 Å². The minimum Gasteiger partial charge on any atom is -0.491 e. The van der Waals surface area contributed by atoms with Gasteiger partial charge in [0.15, 0.2) is 0 Å². The smallest absolute Gasteiger partial charge is 0.251 e. The molecule has 6 bridgehead atoms. The van der Waals surface area contributed by atoms with Crippen molar-refractivity contribution in [2.45, 2.75) is 39.4 Å². The number of carbonyl (C=O) groups excluding carboxylic acids is 1. The first-order chi connectivity index (χ1) is 16.5. The van der Waals surface area contributed by atoms with Crippen LogP contribution in [0.5, 0.6) is 5.75 Å². The number of nitrogens with zero attached hydrogens (tertiary/aromatic N) is 2. The molecule has 0 radical (unpaired) electrons. The number of amides is 1. The Labute approximate surface area is 200 Å². The maximum Gasteiger partial charge on any atom is 0.251 e. The Kier molecular flexibility index (Phi) is 7.59. The molecule has 1 amide bonds. The van der Waals surface area contributed by atoms with Gasteiger partial charge in [-0.2, -0.15) is 0 Å². The van der Waals surface area contributed by atoms with E-state index in [4.69, 9.17) is 14.5 Å². The minimum atomic E-state index is -0.0987. The molecule has 5 rings (SSSR count). The highest BCUT2D eigenvalue weighted by atomic mass is 16.5. The van der Waals surface area contributed by atoms with Gasteiger partial charge in [-0.3, -0.25) is 4.79 Å². The normalized spacial score (nSPS) is 14.4. The van der Waals surface area contributed by atoms with Crippen molar-refractivity contribution in [2.24, 2.45) is 0 Å². The highest BCUT2D eigenvalue weighted by Gasteiger charge is 2.13. The zero-order chi connectivity index (χ0) is 23.9. The Balaban J connectivity index is 1.70. The number of hydrogen-bond acceptors (Lipinski definition) is 7. The van der Waals surface area contributed by atoms with E-state index in [9.17, 15) is 4.79 Å². The largest absolute Gasteiger partial charge is 0.491 e. The molecule has 0 atom stereocenters. The molecule has 3 N–H and O–H groups in total. The van der Waals surface area contributed by atoms with Gasteiger partial charge in [0.25, 0.3) is 5.91 Å². The predicted octanol–water partition coefficient (Wildman–Crippen LogP) is 4.76. The molecule has 0 fully saturated rings. The van der Waals surface area contributed by atoms with Crippen molar-refractivity contribution in [3.05, 3.63) is 59.8 Å². The summed E-state index contributed by atoms with van der Waals surface area (Å²) in [4.78, 5) is 21.7. The Morgan fingerprint density at radius 2 is 2.00 bits per heavy atom. The number of hydrogen-bond donors (Lipinski definition) is 3. The summed E-state index contributed by atoms with van der Waals surface area (Å²) in [6, 6.07) is 13.3. The Bertz CT molecular complexity index is 1150. The van der Waals surface area contributed by atoms with Crippen LogP contribution in [-0.4, -0.2) is 42.2 Å². The molecule has 178 valence electrons. The molecule has 2 aromatic carbocycles. The molecule has 3 aromatic rings. The summed E-state index contributed by atoms with van der Waals surface area (Å²) >= 11 is 0. The van der Waals surface area contributed by atoms with E-state index in [1.807, 2.05) is 63.4 Å². The highest BCUT2D eigenvalue weighted by molar-refractivity contribution is 5.96. The van der Waals surface area contributed by atoms with Crippen molar-refractivity contribution in [3.63, 3.8) is 0 Å². The third-order valence-corrected chi connectivity index (χ3v) is 5.42. The van der Waals surface area contributed by atoms with Gasteiger partial charge in [0.1, 0.15) is 5.75 Å². The second kappa shape index (κ2) is 11.0. The summed E-state index contributed by atoms with van der Waals surface area (Å²) in [7, 11) is 1.83. The van der Waals surface area contributed by atoms with Crippen molar-refractivity contribution in [1.29, 1.82) is 0 Å². The molecule has 3 heterocycles. The molecule has 0 spiro atoms. The van der Waals surface area contributed by atoms with Gasteiger partial charge >= 0.3 is 0 Å². The fourth-order valence-corrected chi connectivity index (χ4v) is 3.77. The topological polar surface area (TPSA) is 97.4 Å². The van der Waals surface area contributed by atoms with Crippen molar-refractivity contribution in [1.82, 2.24) is 15.3 Å². The van der Waals surface area contributed by atoms with Gasteiger partial charge in [-0.05, 0) is 69.2 Å². The number of carbonyl (C=O) groups is 1. The maximum absolute atomic E-state index is 12.6. The molecule has 0 aliphatic carbocycles.